The molecular formula is C23H24ClNO4. The summed E-state index contributed by atoms with van der Waals surface area (Å²) < 4.78 is 11.3. The predicted molar refractivity (Wildman–Crippen MR) is 114 cm³/mol. The highest BCUT2D eigenvalue weighted by molar-refractivity contribution is 6.31. The van der Waals surface area contributed by atoms with E-state index in [1.54, 1.807) is 36.4 Å². The lowest BCUT2D eigenvalue weighted by atomic mass is 9.99. The molecule has 0 aliphatic rings. The van der Waals surface area contributed by atoms with E-state index < -0.39 is 0 Å². The van der Waals surface area contributed by atoms with E-state index in [0.717, 1.165) is 16.7 Å². The topological polar surface area (TPSA) is 71.7 Å². The fourth-order valence-electron chi connectivity index (χ4n) is 2.93. The average molecular weight is 414 g/mol. The zero-order valence-electron chi connectivity index (χ0n) is 16.9. The van der Waals surface area contributed by atoms with Crippen molar-refractivity contribution in [3.8, 4) is 11.5 Å². The maximum Gasteiger partial charge on any atom is 0.291 e. The van der Waals surface area contributed by atoms with Gasteiger partial charge in [-0.25, -0.2) is 0 Å². The van der Waals surface area contributed by atoms with Crippen molar-refractivity contribution in [3.05, 3.63) is 75.7 Å². The van der Waals surface area contributed by atoms with Crippen LogP contribution in [0.15, 0.2) is 46.9 Å². The molecule has 3 rings (SSSR count). The summed E-state index contributed by atoms with van der Waals surface area (Å²) in [5.74, 6) is 1.40. The van der Waals surface area contributed by atoms with Crippen LogP contribution in [0.4, 0.5) is 5.69 Å². The summed E-state index contributed by atoms with van der Waals surface area (Å²) in [6.45, 7) is 7.90. The summed E-state index contributed by atoms with van der Waals surface area (Å²) >= 11 is 6.02. The van der Waals surface area contributed by atoms with Gasteiger partial charge in [-0.3, -0.25) is 4.79 Å². The van der Waals surface area contributed by atoms with Crippen LogP contribution in [-0.2, 0) is 6.61 Å². The van der Waals surface area contributed by atoms with Gasteiger partial charge in [0.25, 0.3) is 5.91 Å². The van der Waals surface area contributed by atoms with Gasteiger partial charge >= 0.3 is 0 Å². The van der Waals surface area contributed by atoms with Gasteiger partial charge in [-0.2, -0.15) is 0 Å². The third kappa shape index (κ3) is 4.93. The van der Waals surface area contributed by atoms with Crippen molar-refractivity contribution in [3.63, 3.8) is 0 Å². The van der Waals surface area contributed by atoms with Gasteiger partial charge in [0.2, 0.25) is 0 Å². The van der Waals surface area contributed by atoms with E-state index in [2.05, 4.69) is 5.32 Å². The molecule has 1 heterocycles. The zero-order chi connectivity index (χ0) is 21.1. The Morgan fingerprint density at radius 3 is 2.59 bits per heavy atom. The summed E-state index contributed by atoms with van der Waals surface area (Å²) in [6.07, 6.45) is 0. The molecule has 0 aliphatic heterocycles. The lowest BCUT2D eigenvalue weighted by Gasteiger charge is -2.14. The first-order valence-corrected chi connectivity index (χ1v) is 9.75. The molecule has 2 N–H and O–H groups in total. The number of aryl methyl sites for hydroxylation is 2. The minimum Gasteiger partial charge on any atom is -0.508 e. The van der Waals surface area contributed by atoms with Gasteiger partial charge in [-0.05, 0) is 78.9 Å². The highest BCUT2D eigenvalue weighted by atomic mass is 35.5. The predicted octanol–water partition coefficient (Wildman–Crippen LogP) is 6.21. The number of hydrogen-bond acceptors (Lipinski definition) is 4. The highest BCUT2D eigenvalue weighted by Crippen LogP contribution is 2.31. The van der Waals surface area contributed by atoms with Crippen molar-refractivity contribution < 1.29 is 19.1 Å². The Morgan fingerprint density at radius 1 is 1.14 bits per heavy atom. The first kappa shape index (κ1) is 20.8. The van der Waals surface area contributed by atoms with E-state index in [-0.39, 0.29) is 29.9 Å². The Balaban J connectivity index is 1.68. The number of benzene rings is 2. The molecule has 0 bridgehead atoms. The van der Waals surface area contributed by atoms with Crippen LogP contribution in [0.25, 0.3) is 0 Å². The van der Waals surface area contributed by atoms with Crippen molar-refractivity contribution in [1.82, 2.24) is 0 Å². The fourth-order valence-corrected chi connectivity index (χ4v) is 3.05. The first-order chi connectivity index (χ1) is 13.7. The number of furan rings is 1. The van der Waals surface area contributed by atoms with E-state index in [9.17, 15) is 9.90 Å². The second-order valence-electron chi connectivity index (χ2n) is 7.30. The zero-order valence-corrected chi connectivity index (χ0v) is 17.6. The van der Waals surface area contributed by atoms with Crippen LogP contribution < -0.4 is 10.1 Å². The molecule has 152 valence electrons. The SMILES string of the molecule is Cc1cc(OCc2ccc(C(=O)Nc3cc(C(C)C)c(O)cc3C)o2)ccc1Cl. The van der Waals surface area contributed by atoms with E-state index in [1.165, 1.54) is 0 Å². The van der Waals surface area contributed by atoms with Gasteiger partial charge in [0, 0.05) is 10.7 Å². The van der Waals surface area contributed by atoms with Crippen molar-refractivity contribution in [2.75, 3.05) is 5.32 Å². The number of aromatic hydroxyl groups is 1. The molecule has 1 amide bonds. The Kier molecular flexibility index (Phi) is 6.18. The number of ether oxygens (including phenoxy) is 1. The Labute approximate surface area is 175 Å². The number of anilines is 1. The van der Waals surface area contributed by atoms with Gasteiger partial charge < -0.3 is 19.6 Å². The Bertz CT molecular complexity index is 1040. The van der Waals surface area contributed by atoms with Crippen molar-refractivity contribution in [2.45, 2.75) is 40.2 Å². The first-order valence-electron chi connectivity index (χ1n) is 9.37. The molecule has 0 saturated heterocycles. The molecule has 0 aliphatic carbocycles. The molecule has 0 fully saturated rings. The summed E-state index contributed by atoms with van der Waals surface area (Å²) in [7, 11) is 0. The molecule has 0 atom stereocenters. The Morgan fingerprint density at radius 2 is 1.90 bits per heavy atom. The van der Waals surface area contributed by atoms with Crippen LogP contribution in [0.3, 0.4) is 0 Å². The average Bonchev–Trinajstić information content (AvgIpc) is 3.13. The molecule has 29 heavy (non-hydrogen) atoms. The quantitative estimate of drug-likeness (QED) is 0.471. The monoisotopic (exact) mass is 413 g/mol. The van der Waals surface area contributed by atoms with Gasteiger partial charge in [-0.1, -0.05) is 25.4 Å². The summed E-state index contributed by atoms with van der Waals surface area (Å²) in [5.41, 5.74) is 3.11. The number of hydrogen-bond donors (Lipinski definition) is 2. The van der Waals surface area contributed by atoms with Crippen LogP contribution in [0.2, 0.25) is 5.02 Å². The van der Waals surface area contributed by atoms with E-state index >= 15 is 0 Å². The van der Waals surface area contributed by atoms with Crippen LogP contribution in [0.5, 0.6) is 11.5 Å². The maximum absolute atomic E-state index is 12.6. The van der Waals surface area contributed by atoms with Crippen LogP contribution in [-0.4, -0.2) is 11.0 Å². The maximum atomic E-state index is 12.6. The summed E-state index contributed by atoms with van der Waals surface area (Å²) in [4.78, 5) is 12.6. The normalized spacial score (nSPS) is 11.0. The second kappa shape index (κ2) is 8.62. The minimum absolute atomic E-state index is 0.134. The van der Waals surface area contributed by atoms with Gasteiger partial charge in [-0.15, -0.1) is 0 Å². The molecule has 0 spiro atoms. The third-order valence-corrected chi connectivity index (χ3v) is 5.06. The number of halogens is 1. The lowest BCUT2D eigenvalue weighted by Crippen LogP contribution is -2.12. The largest absolute Gasteiger partial charge is 0.508 e. The van der Waals surface area contributed by atoms with Crippen LogP contribution >= 0.6 is 11.6 Å². The van der Waals surface area contributed by atoms with E-state index in [4.69, 9.17) is 20.8 Å². The fraction of sp³-hybridized carbons (Fsp3) is 0.261. The van der Waals surface area contributed by atoms with Gasteiger partial charge in [0.1, 0.15) is 23.9 Å². The molecule has 2 aromatic carbocycles. The molecule has 5 nitrogen and oxygen atoms in total. The third-order valence-electron chi connectivity index (χ3n) is 4.64. The van der Waals surface area contributed by atoms with Gasteiger partial charge in [0.15, 0.2) is 5.76 Å². The van der Waals surface area contributed by atoms with Crippen molar-refractivity contribution in [2.24, 2.45) is 0 Å². The van der Waals surface area contributed by atoms with Crippen LogP contribution in [0, 0.1) is 13.8 Å². The standard InChI is InChI=1S/C23H24ClNO4/c1-13(2)18-11-20(15(4)10-21(18)26)25-23(27)22-8-6-17(29-22)12-28-16-5-7-19(24)14(3)9-16/h5-11,13,26H,12H2,1-4H3,(H,25,27). The molecule has 6 heteroatoms. The number of carbonyl (C=O) groups is 1. The number of rotatable bonds is 6. The van der Waals surface area contributed by atoms with E-state index in [0.29, 0.717) is 22.2 Å². The number of nitrogens with one attached hydrogen (secondary N) is 1. The number of phenols is 1. The van der Waals surface area contributed by atoms with Gasteiger partial charge in [0.05, 0.1) is 0 Å². The lowest BCUT2D eigenvalue weighted by molar-refractivity contribution is 0.0992. The molecule has 3 aromatic rings. The molecule has 0 saturated carbocycles. The summed E-state index contributed by atoms with van der Waals surface area (Å²) in [6, 6.07) is 12.2. The molecular weight excluding hydrogens is 390 g/mol. The summed E-state index contributed by atoms with van der Waals surface area (Å²) in [5, 5.41) is 13.6. The highest BCUT2D eigenvalue weighted by Gasteiger charge is 2.16. The molecule has 1 aromatic heterocycles. The van der Waals surface area contributed by atoms with Crippen molar-refractivity contribution in [1.29, 1.82) is 0 Å². The van der Waals surface area contributed by atoms with Crippen LogP contribution in [0.1, 0.15) is 52.8 Å². The second-order valence-corrected chi connectivity index (χ2v) is 7.71. The number of amides is 1. The number of carbonyl (C=O) groups excluding carboxylic acids is 1. The Hall–Kier alpha value is -2.92. The minimum atomic E-state index is -0.359. The van der Waals surface area contributed by atoms with E-state index in [1.807, 2.05) is 33.8 Å². The smallest absolute Gasteiger partial charge is 0.291 e. The molecule has 0 radical (unpaired) electrons. The molecule has 0 unspecified atom stereocenters. The van der Waals surface area contributed by atoms with Crippen molar-refractivity contribution >= 4 is 23.2 Å². The number of phenolic OH excluding ortho intramolecular Hbond substituents is 1.